The summed E-state index contributed by atoms with van der Waals surface area (Å²) in [4.78, 5) is 18.9. The molecule has 1 aliphatic rings. The molecule has 0 N–H and O–H groups in total. The quantitative estimate of drug-likeness (QED) is 0.486. The smallest absolute Gasteiger partial charge is 0.258 e. The van der Waals surface area contributed by atoms with Crippen LogP contribution in [-0.2, 0) is 6.54 Å². The highest BCUT2D eigenvalue weighted by atomic mass is 35.5. The Kier molecular flexibility index (Phi) is 3.33. The normalized spacial score (nSPS) is 13.4. The highest BCUT2D eigenvalue weighted by molar-refractivity contribution is 6.33. The Labute approximate surface area is 154 Å². The molecule has 126 valence electrons. The standard InChI is InChI=1S/C21H13ClN2O2/c22-17-8-4-3-7-16(17)20-23-18-10-9-14(11-19(18)26-20)24-12-13-5-1-2-6-15(13)21(24)25/h1-11H,12H2. The van der Waals surface area contributed by atoms with Gasteiger partial charge in [0.05, 0.1) is 17.1 Å². The van der Waals surface area contributed by atoms with Gasteiger partial charge in [0.25, 0.3) is 5.91 Å². The van der Waals surface area contributed by atoms with Crippen LogP contribution in [0.5, 0.6) is 0 Å². The van der Waals surface area contributed by atoms with Crippen molar-refractivity contribution >= 4 is 34.3 Å². The van der Waals surface area contributed by atoms with E-state index in [-0.39, 0.29) is 5.91 Å². The molecule has 0 unspecified atom stereocenters. The number of carbonyl (C=O) groups excluding carboxylic acids is 1. The molecule has 5 rings (SSSR count). The Morgan fingerprint density at radius 3 is 2.54 bits per heavy atom. The number of hydrogen-bond acceptors (Lipinski definition) is 3. The first-order valence-corrected chi connectivity index (χ1v) is 8.64. The van der Waals surface area contributed by atoms with Gasteiger partial charge in [-0.3, -0.25) is 4.79 Å². The second-order valence-corrected chi connectivity index (χ2v) is 6.61. The van der Waals surface area contributed by atoms with E-state index in [9.17, 15) is 4.79 Å². The Bertz CT molecular complexity index is 1170. The summed E-state index contributed by atoms with van der Waals surface area (Å²) in [5, 5.41) is 0.587. The van der Waals surface area contributed by atoms with E-state index in [2.05, 4.69) is 4.98 Å². The number of benzene rings is 3. The van der Waals surface area contributed by atoms with Gasteiger partial charge in [0.15, 0.2) is 5.58 Å². The summed E-state index contributed by atoms with van der Waals surface area (Å²) in [7, 11) is 0. The Balaban J connectivity index is 1.56. The second kappa shape index (κ2) is 5.71. The number of amides is 1. The SMILES string of the molecule is O=C1c2ccccc2CN1c1ccc2nc(-c3ccccc3Cl)oc2c1. The average Bonchev–Trinajstić information content (AvgIpc) is 3.23. The number of anilines is 1. The van der Waals surface area contributed by atoms with Crippen molar-refractivity contribution in [2.45, 2.75) is 6.54 Å². The van der Waals surface area contributed by atoms with Gasteiger partial charge in [0.1, 0.15) is 5.52 Å². The zero-order valence-corrected chi connectivity index (χ0v) is 14.4. The van der Waals surface area contributed by atoms with Crippen LogP contribution in [0.15, 0.2) is 71.1 Å². The third-order valence-electron chi connectivity index (χ3n) is 4.61. The molecule has 0 bridgehead atoms. The Morgan fingerprint density at radius 2 is 1.73 bits per heavy atom. The summed E-state index contributed by atoms with van der Waals surface area (Å²) in [5.74, 6) is 0.476. The number of halogens is 1. The van der Waals surface area contributed by atoms with E-state index in [1.54, 1.807) is 11.0 Å². The van der Waals surface area contributed by atoms with E-state index in [0.29, 0.717) is 23.0 Å². The molecular formula is C21H13ClN2O2. The van der Waals surface area contributed by atoms with Gasteiger partial charge >= 0.3 is 0 Å². The number of carbonyl (C=O) groups is 1. The summed E-state index contributed by atoms with van der Waals surface area (Å²) in [6.45, 7) is 0.562. The highest BCUT2D eigenvalue weighted by Gasteiger charge is 2.28. The van der Waals surface area contributed by atoms with Gasteiger partial charge in [-0.1, -0.05) is 41.9 Å². The van der Waals surface area contributed by atoms with Crippen LogP contribution in [0.2, 0.25) is 5.02 Å². The largest absolute Gasteiger partial charge is 0.436 e. The molecule has 5 heteroatoms. The van der Waals surface area contributed by atoms with E-state index < -0.39 is 0 Å². The molecule has 0 aliphatic carbocycles. The van der Waals surface area contributed by atoms with Crippen LogP contribution in [0.1, 0.15) is 15.9 Å². The van der Waals surface area contributed by atoms with E-state index in [4.69, 9.17) is 16.0 Å². The minimum Gasteiger partial charge on any atom is -0.436 e. The molecule has 0 spiro atoms. The predicted octanol–water partition coefficient (Wildman–Crippen LogP) is 5.31. The fourth-order valence-electron chi connectivity index (χ4n) is 3.29. The summed E-state index contributed by atoms with van der Waals surface area (Å²) in [6.07, 6.45) is 0. The van der Waals surface area contributed by atoms with E-state index in [1.807, 2.05) is 60.7 Å². The maximum absolute atomic E-state index is 12.7. The van der Waals surface area contributed by atoms with Gasteiger partial charge in [-0.05, 0) is 35.9 Å². The zero-order chi connectivity index (χ0) is 17.7. The summed E-state index contributed by atoms with van der Waals surface area (Å²) < 4.78 is 5.91. The highest BCUT2D eigenvalue weighted by Crippen LogP contribution is 2.33. The molecule has 26 heavy (non-hydrogen) atoms. The molecule has 1 amide bonds. The van der Waals surface area contributed by atoms with Gasteiger partial charge in [0.2, 0.25) is 5.89 Å². The van der Waals surface area contributed by atoms with Crippen molar-refractivity contribution in [2.75, 3.05) is 4.90 Å². The fourth-order valence-corrected chi connectivity index (χ4v) is 3.51. The summed E-state index contributed by atoms with van der Waals surface area (Å²) in [5.41, 5.74) is 4.68. The van der Waals surface area contributed by atoms with Crippen LogP contribution < -0.4 is 4.90 Å². The predicted molar refractivity (Wildman–Crippen MR) is 101 cm³/mol. The van der Waals surface area contributed by atoms with Gasteiger partial charge in [-0.2, -0.15) is 0 Å². The van der Waals surface area contributed by atoms with Crippen molar-refractivity contribution in [2.24, 2.45) is 0 Å². The third kappa shape index (κ3) is 2.30. The van der Waals surface area contributed by atoms with Gasteiger partial charge in [-0.25, -0.2) is 4.98 Å². The lowest BCUT2D eigenvalue weighted by Crippen LogP contribution is -2.22. The first-order chi connectivity index (χ1) is 12.7. The number of hydrogen-bond donors (Lipinski definition) is 0. The molecule has 1 aromatic heterocycles. The van der Waals surface area contributed by atoms with Crippen molar-refractivity contribution in [3.05, 3.63) is 82.9 Å². The number of oxazole rings is 1. The molecule has 0 radical (unpaired) electrons. The molecule has 0 atom stereocenters. The molecule has 3 aromatic carbocycles. The zero-order valence-electron chi connectivity index (χ0n) is 13.6. The van der Waals surface area contributed by atoms with Crippen molar-refractivity contribution in [3.63, 3.8) is 0 Å². The maximum atomic E-state index is 12.7. The van der Waals surface area contributed by atoms with Crippen LogP contribution in [-0.4, -0.2) is 10.9 Å². The van der Waals surface area contributed by atoms with Gasteiger partial charge in [0, 0.05) is 17.3 Å². The Hall–Kier alpha value is -3.11. The molecule has 4 nitrogen and oxygen atoms in total. The minimum absolute atomic E-state index is 0.00536. The van der Waals surface area contributed by atoms with E-state index in [1.165, 1.54) is 0 Å². The van der Waals surface area contributed by atoms with Gasteiger partial charge < -0.3 is 9.32 Å². The number of fused-ring (bicyclic) bond motifs is 2. The first-order valence-electron chi connectivity index (χ1n) is 8.26. The summed E-state index contributed by atoms with van der Waals surface area (Å²) >= 11 is 6.24. The van der Waals surface area contributed by atoms with Crippen molar-refractivity contribution in [1.29, 1.82) is 0 Å². The molecule has 1 aliphatic heterocycles. The average molecular weight is 361 g/mol. The minimum atomic E-state index is 0.00536. The maximum Gasteiger partial charge on any atom is 0.258 e. The molecule has 0 saturated carbocycles. The molecule has 4 aromatic rings. The summed E-state index contributed by atoms with van der Waals surface area (Å²) in [6, 6.07) is 20.7. The monoisotopic (exact) mass is 360 g/mol. The van der Waals surface area contributed by atoms with Crippen LogP contribution in [0, 0.1) is 0 Å². The van der Waals surface area contributed by atoms with E-state index >= 15 is 0 Å². The topological polar surface area (TPSA) is 46.3 Å². The second-order valence-electron chi connectivity index (χ2n) is 6.20. The van der Waals surface area contributed by atoms with Crippen LogP contribution >= 0.6 is 11.6 Å². The van der Waals surface area contributed by atoms with Gasteiger partial charge in [-0.15, -0.1) is 0 Å². The molecule has 0 fully saturated rings. The van der Waals surface area contributed by atoms with E-state index in [0.717, 1.165) is 27.9 Å². The lowest BCUT2D eigenvalue weighted by Gasteiger charge is -2.15. The number of nitrogens with zero attached hydrogens (tertiary/aromatic N) is 2. The molecule has 0 saturated heterocycles. The van der Waals surface area contributed by atoms with Crippen molar-refractivity contribution < 1.29 is 9.21 Å². The number of rotatable bonds is 2. The lowest BCUT2D eigenvalue weighted by molar-refractivity contribution is 0.0996. The Morgan fingerprint density at radius 1 is 0.962 bits per heavy atom. The van der Waals surface area contributed by atoms with Crippen LogP contribution in [0.25, 0.3) is 22.6 Å². The number of aromatic nitrogens is 1. The van der Waals surface area contributed by atoms with Crippen molar-refractivity contribution in [1.82, 2.24) is 4.98 Å². The first kappa shape index (κ1) is 15.2. The van der Waals surface area contributed by atoms with Crippen LogP contribution in [0.3, 0.4) is 0 Å². The molecular weight excluding hydrogens is 348 g/mol. The van der Waals surface area contributed by atoms with Crippen LogP contribution in [0.4, 0.5) is 5.69 Å². The third-order valence-corrected chi connectivity index (χ3v) is 4.94. The lowest BCUT2D eigenvalue weighted by atomic mass is 10.1. The van der Waals surface area contributed by atoms with Crippen molar-refractivity contribution in [3.8, 4) is 11.5 Å². The fraction of sp³-hybridized carbons (Fsp3) is 0.0476. The molecule has 2 heterocycles.